The van der Waals surface area contributed by atoms with E-state index < -0.39 is 0 Å². The van der Waals surface area contributed by atoms with Crippen molar-refractivity contribution in [2.45, 2.75) is 38.3 Å². The Morgan fingerprint density at radius 3 is 2.54 bits per heavy atom. The smallest absolute Gasteiger partial charge is 0.220 e. The Kier molecular flexibility index (Phi) is 10.1. The van der Waals surface area contributed by atoms with E-state index in [1.807, 2.05) is 36.4 Å². The molecule has 154 valence electrons. The van der Waals surface area contributed by atoms with Crippen LogP contribution in [0, 0.1) is 5.92 Å². The molecule has 0 radical (unpaired) electrons. The molecule has 1 heterocycles. The quantitative estimate of drug-likeness (QED) is 0.700. The maximum Gasteiger partial charge on any atom is 0.220 e. The molecule has 3 rings (SSSR count). The van der Waals surface area contributed by atoms with Crippen LogP contribution >= 0.6 is 24.8 Å². The van der Waals surface area contributed by atoms with E-state index in [0.29, 0.717) is 30.5 Å². The molecule has 6 nitrogen and oxygen atoms in total. The van der Waals surface area contributed by atoms with Crippen molar-refractivity contribution < 1.29 is 14.3 Å². The first-order chi connectivity index (χ1) is 12.6. The van der Waals surface area contributed by atoms with Crippen molar-refractivity contribution in [2.75, 3.05) is 7.11 Å². The predicted molar refractivity (Wildman–Crippen MR) is 114 cm³/mol. The molecule has 2 aromatic rings. The summed E-state index contributed by atoms with van der Waals surface area (Å²) in [5.41, 5.74) is 6.97. The van der Waals surface area contributed by atoms with Gasteiger partial charge in [0.2, 0.25) is 11.8 Å². The van der Waals surface area contributed by atoms with Crippen LogP contribution in [0.4, 0.5) is 0 Å². The molecule has 3 N–H and O–H groups in total. The number of hydrogen-bond donors (Lipinski definition) is 2. The minimum Gasteiger partial charge on any atom is -0.497 e. The van der Waals surface area contributed by atoms with Gasteiger partial charge in [-0.1, -0.05) is 6.42 Å². The molecule has 1 fully saturated rings. The maximum absolute atomic E-state index is 12.1. The molecule has 1 amide bonds. The normalized spacial score (nSPS) is 17.8. The van der Waals surface area contributed by atoms with Crippen LogP contribution in [0.25, 0.3) is 0 Å². The van der Waals surface area contributed by atoms with Gasteiger partial charge in [-0.05, 0) is 54.7 Å². The summed E-state index contributed by atoms with van der Waals surface area (Å²) in [5.74, 6) is 2.28. The summed E-state index contributed by atoms with van der Waals surface area (Å²) >= 11 is 0. The van der Waals surface area contributed by atoms with Gasteiger partial charge in [0.25, 0.3) is 0 Å². The Balaban J connectivity index is 0.00000196. The Labute approximate surface area is 178 Å². The standard InChI is InChI=1S/C20H25N3O3.2ClH/c1-25-16-5-7-17(8-6-16)26-20-11-14(9-10-22-20)13-23-19(24)12-15-3-2-4-18(15)21;;/h5-11,15,18H,2-4,12-13,21H2,1H3,(H,23,24);2*1H/t15-,18+;;/m0../s1. The highest BCUT2D eigenvalue weighted by atomic mass is 35.5. The van der Waals surface area contributed by atoms with Crippen molar-refractivity contribution in [2.24, 2.45) is 11.7 Å². The number of nitrogens with two attached hydrogens (primary N) is 1. The van der Waals surface area contributed by atoms with E-state index in [9.17, 15) is 4.79 Å². The van der Waals surface area contributed by atoms with E-state index in [1.54, 1.807) is 13.3 Å². The van der Waals surface area contributed by atoms with Gasteiger partial charge in [-0.2, -0.15) is 0 Å². The van der Waals surface area contributed by atoms with Crippen LogP contribution in [0.15, 0.2) is 42.6 Å². The molecule has 0 bridgehead atoms. The number of pyridine rings is 1. The van der Waals surface area contributed by atoms with E-state index >= 15 is 0 Å². The van der Waals surface area contributed by atoms with Crippen molar-refractivity contribution in [1.29, 1.82) is 0 Å². The van der Waals surface area contributed by atoms with Crippen LogP contribution < -0.4 is 20.5 Å². The van der Waals surface area contributed by atoms with Gasteiger partial charge in [-0.3, -0.25) is 4.79 Å². The van der Waals surface area contributed by atoms with Crippen molar-refractivity contribution in [1.82, 2.24) is 10.3 Å². The lowest BCUT2D eigenvalue weighted by Crippen LogP contribution is -2.31. The number of nitrogens with zero attached hydrogens (tertiary/aromatic N) is 1. The molecule has 0 spiro atoms. The first kappa shape index (κ1) is 24.0. The molecule has 0 aliphatic heterocycles. The number of carbonyl (C=O) groups excluding carboxylic acids is 1. The number of hydrogen-bond acceptors (Lipinski definition) is 5. The fraction of sp³-hybridized carbons (Fsp3) is 0.400. The lowest BCUT2D eigenvalue weighted by molar-refractivity contribution is -0.122. The van der Waals surface area contributed by atoms with E-state index in [0.717, 1.165) is 30.6 Å². The van der Waals surface area contributed by atoms with Crippen molar-refractivity contribution in [3.63, 3.8) is 0 Å². The van der Waals surface area contributed by atoms with Gasteiger partial charge in [0.05, 0.1) is 7.11 Å². The Morgan fingerprint density at radius 2 is 1.89 bits per heavy atom. The van der Waals surface area contributed by atoms with Crippen molar-refractivity contribution >= 4 is 30.7 Å². The summed E-state index contributed by atoms with van der Waals surface area (Å²) in [7, 11) is 1.62. The van der Waals surface area contributed by atoms with Gasteiger partial charge in [0.15, 0.2) is 0 Å². The highest BCUT2D eigenvalue weighted by molar-refractivity contribution is 5.85. The van der Waals surface area contributed by atoms with Gasteiger partial charge in [0.1, 0.15) is 11.5 Å². The molecule has 1 aromatic carbocycles. The number of amides is 1. The number of methoxy groups -OCH3 is 1. The summed E-state index contributed by atoms with van der Waals surface area (Å²) in [6.45, 7) is 0.447. The highest BCUT2D eigenvalue weighted by Gasteiger charge is 2.25. The Hall–Kier alpha value is -2.02. The van der Waals surface area contributed by atoms with Gasteiger partial charge in [-0.25, -0.2) is 4.98 Å². The monoisotopic (exact) mass is 427 g/mol. The number of benzene rings is 1. The Bertz CT molecular complexity index is 744. The van der Waals surface area contributed by atoms with E-state index in [-0.39, 0.29) is 36.8 Å². The number of ether oxygens (including phenoxy) is 2. The van der Waals surface area contributed by atoms with Crippen molar-refractivity contribution in [3.8, 4) is 17.4 Å². The minimum atomic E-state index is 0. The van der Waals surface area contributed by atoms with Crippen LogP contribution in [-0.2, 0) is 11.3 Å². The van der Waals surface area contributed by atoms with E-state index in [2.05, 4.69) is 10.3 Å². The third-order valence-corrected chi connectivity index (χ3v) is 4.74. The zero-order chi connectivity index (χ0) is 18.4. The summed E-state index contributed by atoms with van der Waals surface area (Å²) in [6.07, 6.45) is 5.36. The third kappa shape index (κ3) is 6.86. The maximum atomic E-state index is 12.1. The first-order valence-electron chi connectivity index (χ1n) is 8.93. The lowest BCUT2D eigenvalue weighted by Gasteiger charge is -2.15. The zero-order valence-corrected chi connectivity index (χ0v) is 17.4. The number of nitrogens with one attached hydrogen (secondary N) is 1. The molecule has 0 unspecified atom stereocenters. The topological polar surface area (TPSA) is 86.5 Å². The van der Waals surface area contributed by atoms with E-state index in [4.69, 9.17) is 15.2 Å². The summed E-state index contributed by atoms with van der Waals surface area (Å²) < 4.78 is 10.9. The fourth-order valence-electron chi connectivity index (χ4n) is 3.21. The van der Waals surface area contributed by atoms with E-state index in [1.165, 1.54) is 0 Å². The molecule has 1 aliphatic carbocycles. The van der Waals surface area contributed by atoms with Crippen LogP contribution in [0.1, 0.15) is 31.2 Å². The zero-order valence-electron chi connectivity index (χ0n) is 15.8. The molecule has 1 saturated carbocycles. The molecule has 0 saturated heterocycles. The fourth-order valence-corrected chi connectivity index (χ4v) is 3.21. The number of aromatic nitrogens is 1. The molecular weight excluding hydrogens is 401 g/mol. The van der Waals surface area contributed by atoms with Gasteiger partial charge in [-0.15, -0.1) is 24.8 Å². The second-order valence-electron chi connectivity index (χ2n) is 6.62. The molecule has 1 aromatic heterocycles. The average molecular weight is 428 g/mol. The van der Waals surface area contributed by atoms with Crippen molar-refractivity contribution in [3.05, 3.63) is 48.2 Å². The molecule has 28 heavy (non-hydrogen) atoms. The van der Waals surface area contributed by atoms with Gasteiger partial charge >= 0.3 is 0 Å². The first-order valence-corrected chi connectivity index (χ1v) is 8.93. The second kappa shape index (κ2) is 11.7. The lowest BCUT2D eigenvalue weighted by atomic mass is 10.00. The van der Waals surface area contributed by atoms with Gasteiger partial charge < -0.3 is 20.5 Å². The summed E-state index contributed by atoms with van der Waals surface area (Å²) in [6, 6.07) is 11.1. The number of carbonyl (C=O) groups is 1. The molecule has 1 aliphatic rings. The Morgan fingerprint density at radius 1 is 1.18 bits per heavy atom. The summed E-state index contributed by atoms with van der Waals surface area (Å²) in [4.78, 5) is 16.3. The largest absolute Gasteiger partial charge is 0.497 e. The highest BCUT2D eigenvalue weighted by Crippen LogP contribution is 2.27. The second-order valence-corrected chi connectivity index (χ2v) is 6.62. The van der Waals surface area contributed by atoms with Crippen LogP contribution in [0.3, 0.4) is 0 Å². The van der Waals surface area contributed by atoms with Crippen LogP contribution in [-0.4, -0.2) is 24.0 Å². The van der Waals surface area contributed by atoms with Gasteiger partial charge in [0, 0.05) is 31.3 Å². The third-order valence-electron chi connectivity index (χ3n) is 4.74. The average Bonchev–Trinajstić information content (AvgIpc) is 3.06. The summed E-state index contributed by atoms with van der Waals surface area (Å²) in [5, 5.41) is 2.96. The number of rotatable bonds is 7. The molecule has 8 heteroatoms. The molecular formula is C20H27Cl2N3O3. The molecule has 2 atom stereocenters. The predicted octanol–water partition coefficient (Wildman–Crippen LogP) is 3.86. The van der Waals surface area contributed by atoms with Crippen LogP contribution in [0.2, 0.25) is 0 Å². The number of halogens is 2. The SMILES string of the molecule is COc1ccc(Oc2cc(CNC(=O)C[C@@H]3CCC[C@H]3N)ccn2)cc1.Cl.Cl. The minimum absolute atomic E-state index is 0. The van der Waals surface area contributed by atoms with Crippen LogP contribution in [0.5, 0.6) is 17.4 Å².